The molecule has 1 saturated heterocycles. The summed E-state index contributed by atoms with van der Waals surface area (Å²) >= 11 is 0. The molecule has 35 heavy (non-hydrogen) atoms. The second-order valence-corrected chi connectivity index (χ2v) is 8.41. The van der Waals surface area contributed by atoms with Gasteiger partial charge in [-0.1, -0.05) is 37.3 Å². The lowest BCUT2D eigenvalue weighted by Gasteiger charge is -2.28. The molecule has 0 N–H and O–H groups in total. The first-order chi connectivity index (χ1) is 16.9. The van der Waals surface area contributed by atoms with Gasteiger partial charge >= 0.3 is 0 Å². The number of hydrogen-bond donors (Lipinski definition) is 0. The van der Waals surface area contributed by atoms with E-state index in [9.17, 15) is 18.8 Å². The Bertz CT molecular complexity index is 1220. The normalized spacial score (nSPS) is 15.4. The van der Waals surface area contributed by atoms with Crippen molar-refractivity contribution in [3.63, 3.8) is 0 Å². The van der Waals surface area contributed by atoms with Crippen LogP contribution in [0.2, 0.25) is 0 Å². The van der Waals surface area contributed by atoms with E-state index in [4.69, 9.17) is 4.74 Å². The molecule has 3 aromatic rings. The van der Waals surface area contributed by atoms with Gasteiger partial charge in [-0.15, -0.1) is 0 Å². The van der Waals surface area contributed by atoms with Gasteiger partial charge in [0.25, 0.3) is 11.8 Å². The molecule has 180 valence electrons. The third kappa shape index (κ3) is 5.24. The number of carbonyl (C=O) groups is 3. The van der Waals surface area contributed by atoms with Crippen LogP contribution >= 0.6 is 0 Å². The highest BCUT2D eigenvalue weighted by molar-refractivity contribution is 6.23. The van der Waals surface area contributed by atoms with Gasteiger partial charge in [0.05, 0.1) is 19.2 Å². The molecule has 1 heterocycles. The van der Waals surface area contributed by atoms with Crippen molar-refractivity contribution < 1.29 is 23.5 Å². The molecule has 0 aliphatic carbocycles. The van der Waals surface area contributed by atoms with Gasteiger partial charge < -0.3 is 9.64 Å². The van der Waals surface area contributed by atoms with E-state index in [1.807, 2.05) is 43.3 Å². The Morgan fingerprint density at radius 2 is 1.71 bits per heavy atom. The maximum Gasteiger partial charge on any atom is 0.257 e. The van der Waals surface area contributed by atoms with Crippen molar-refractivity contribution in [3.8, 4) is 5.75 Å². The lowest BCUT2D eigenvalue weighted by molar-refractivity contribution is -0.122. The largest absolute Gasteiger partial charge is 0.497 e. The van der Waals surface area contributed by atoms with E-state index in [0.29, 0.717) is 17.9 Å². The van der Waals surface area contributed by atoms with Gasteiger partial charge in [0.2, 0.25) is 5.91 Å². The number of methoxy groups -OCH3 is 1. The van der Waals surface area contributed by atoms with E-state index >= 15 is 0 Å². The van der Waals surface area contributed by atoms with Gasteiger partial charge in [-0.05, 0) is 66.4 Å². The SMILES string of the molecule is CCc1ccc(N2C(=O)C[C@H](N(CCc3ccc(OC)cc3)C(=O)c3cccc(F)c3)C2=O)cc1. The Balaban J connectivity index is 1.61. The molecule has 3 amide bonds. The summed E-state index contributed by atoms with van der Waals surface area (Å²) in [6, 6.07) is 19.0. The zero-order chi connectivity index (χ0) is 24.9. The Kier molecular flexibility index (Phi) is 7.25. The number of anilines is 1. The molecule has 7 heteroatoms. The van der Waals surface area contributed by atoms with Crippen LogP contribution in [0.4, 0.5) is 10.1 Å². The van der Waals surface area contributed by atoms with Gasteiger partial charge in [0.1, 0.15) is 17.6 Å². The number of rotatable bonds is 8. The summed E-state index contributed by atoms with van der Waals surface area (Å²) in [6.45, 7) is 2.21. The van der Waals surface area contributed by atoms with Crippen LogP contribution in [0.25, 0.3) is 0 Å². The van der Waals surface area contributed by atoms with Gasteiger partial charge in [-0.2, -0.15) is 0 Å². The van der Waals surface area contributed by atoms with Crippen LogP contribution in [0.15, 0.2) is 72.8 Å². The average molecular weight is 475 g/mol. The van der Waals surface area contributed by atoms with Gasteiger partial charge in [-0.3, -0.25) is 14.4 Å². The van der Waals surface area contributed by atoms with E-state index < -0.39 is 23.7 Å². The average Bonchev–Trinajstić information content (AvgIpc) is 3.17. The first kappa shape index (κ1) is 24.1. The van der Waals surface area contributed by atoms with E-state index in [2.05, 4.69) is 0 Å². The Labute approximate surface area is 203 Å². The number of ether oxygens (including phenoxy) is 1. The number of imide groups is 1. The first-order valence-corrected chi connectivity index (χ1v) is 11.6. The summed E-state index contributed by atoms with van der Waals surface area (Å²) in [6.07, 6.45) is 1.17. The van der Waals surface area contributed by atoms with Crippen molar-refractivity contribution in [2.75, 3.05) is 18.6 Å². The minimum atomic E-state index is -0.970. The zero-order valence-electron chi connectivity index (χ0n) is 19.7. The van der Waals surface area contributed by atoms with Crippen molar-refractivity contribution in [1.82, 2.24) is 4.90 Å². The Morgan fingerprint density at radius 1 is 1.03 bits per heavy atom. The number of carbonyl (C=O) groups excluding carboxylic acids is 3. The van der Waals surface area contributed by atoms with Gasteiger partial charge in [-0.25, -0.2) is 9.29 Å². The highest BCUT2D eigenvalue weighted by Crippen LogP contribution is 2.27. The predicted octanol–water partition coefficient (Wildman–Crippen LogP) is 4.41. The number of benzene rings is 3. The van der Waals surface area contributed by atoms with Crippen LogP contribution in [0.5, 0.6) is 5.75 Å². The molecule has 0 unspecified atom stereocenters. The molecule has 3 aromatic carbocycles. The van der Waals surface area contributed by atoms with Crippen LogP contribution < -0.4 is 9.64 Å². The second kappa shape index (κ2) is 10.5. The molecular weight excluding hydrogens is 447 g/mol. The predicted molar refractivity (Wildman–Crippen MR) is 131 cm³/mol. The zero-order valence-corrected chi connectivity index (χ0v) is 19.7. The minimum absolute atomic E-state index is 0.127. The minimum Gasteiger partial charge on any atom is -0.497 e. The van der Waals surface area contributed by atoms with E-state index in [1.54, 1.807) is 19.2 Å². The van der Waals surface area contributed by atoms with Crippen LogP contribution in [0, 0.1) is 5.82 Å². The molecule has 6 nitrogen and oxygen atoms in total. The molecule has 0 bridgehead atoms. The van der Waals surface area contributed by atoms with Crippen LogP contribution in [-0.4, -0.2) is 42.3 Å². The number of hydrogen-bond acceptors (Lipinski definition) is 4. The number of amides is 3. The molecule has 0 aromatic heterocycles. The number of nitrogens with zero attached hydrogens (tertiary/aromatic N) is 2. The van der Waals surface area contributed by atoms with Crippen molar-refractivity contribution in [2.24, 2.45) is 0 Å². The lowest BCUT2D eigenvalue weighted by atomic mass is 10.1. The summed E-state index contributed by atoms with van der Waals surface area (Å²) in [4.78, 5) is 42.3. The van der Waals surface area contributed by atoms with Gasteiger partial charge in [0, 0.05) is 12.1 Å². The third-order valence-corrected chi connectivity index (χ3v) is 6.23. The van der Waals surface area contributed by atoms with E-state index in [0.717, 1.165) is 28.5 Å². The maximum absolute atomic E-state index is 13.9. The first-order valence-electron chi connectivity index (χ1n) is 11.6. The van der Waals surface area contributed by atoms with Gasteiger partial charge in [0.15, 0.2) is 0 Å². The second-order valence-electron chi connectivity index (χ2n) is 8.41. The molecule has 4 rings (SSSR count). The van der Waals surface area contributed by atoms with Crippen molar-refractivity contribution in [2.45, 2.75) is 32.2 Å². The van der Waals surface area contributed by atoms with Crippen LogP contribution in [0.1, 0.15) is 34.8 Å². The quantitative estimate of drug-likeness (QED) is 0.454. The fourth-order valence-electron chi connectivity index (χ4n) is 4.24. The number of halogens is 1. The fraction of sp³-hybridized carbons (Fsp3) is 0.250. The van der Waals surface area contributed by atoms with E-state index in [1.165, 1.54) is 23.1 Å². The molecule has 0 radical (unpaired) electrons. The van der Waals surface area contributed by atoms with Crippen molar-refractivity contribution >= 4 is 23.4 Å². The monoisotopic (exact) mass is 474 g/mol. The molecule has 1 aliphatic heterocycles. The molecule has 0 saturated carbocycles. The molecular formula is C28H27FN2O4. The summed E-state index contributed by atoms with van der Waals surface area (Å²) in [5.74, 6) is -1.16. The summed E-state index contributed by atoms with van der Waals surface area (Å²) in [5.41, 5.74) is 2.64. The number of aryl methyl sites for hydroxylation is 1. The third-order valence-electron chi connectivity index (χ3n) is 6.23. The molecule has 1 atom stereocenters. The highest BCUT2D eigenvalue weighted by atomic mass is 19.1. The summed E-state index contributed by atoms with van der Waals surface area (Å²) < 4.78 is 19.1. The van der Waals surface area contributed by atoms with E-state index in [-0.39, 0.29) is 24.4 Å². The Morgan fingerprint density at radius 3 is 2.34 bits per heavy atom. The van der Waals surface area contributed by atoms with Crippen LogP contribution in [-0.2, 0) is 22.4 Å². The van der Waals surface area contributed by atoms with Crippen LogP contribution in [0.3, 0.4) is 0 Å². The molecule has 1 fully saturated rings. The summed E-state index contributed by atoms with van der Waals surface area (Å²) in [7, 11) is 1.58. The standard InChI is InChI=1S/C28H27FN2O4/c1-3-19-7-11-23(12-8-19)31-26(32)18-25(28(31)34)30(27(33)21-5-4-6-22(29)17-21)16-15-20-9-13-24(35-2)14-10-20/h4-14,17,25H,3,15-16,18H2,1-2H3/t25-/m0/s1. The van der Waals surface area contributed by atoms with Crippen molar-refractivity contribution in [1.29, 1.82) is 0 Å². The highest BCUT2D eigenvalue weighted by Gasteiger charge is 2.44. The molecule has 1 aliphatic rings. The summed E-state index contributed by atoms with van der Waals surface area (Å²) in [5, 5.41) is 0. The fourth-order valence-corrected chi connectivity index (χ4v) is 4.24. The lowest BCUT2D eigenvalue weighted by Crippen LogP contribution is -2.46. The smallest absolute Gasteiger partial charge is 0.257 e. The Hall–Kier alpha value is -4.00. The maximum atomic E-state index is 13.9. The van der Waals surface area contributed by atoms with Crippen molar-refractivity contribution in [3.05, 3.63) is 95.3 Å². The topological polar surface area (TPSA) is 66.9 Å². The molecule has 0 spiro atoms.